The van der Waals surface area contributed by atoms with Gasteiger partial charge < -0.3 is 10.5 Å². The quantitative estimate of drug-likeness (QED) is 0.430. The molecule has 4 heteroatoms. The molecule has 1 rings (SSSR count). The molecule has 4 nitrogen and oxygen atoms in total. The predicted molar refractivity (Wildman–Crippen MR) is 31.1 cm³/mol. The van der Waals surface area contributed by atoms with Crippen molar-refractivity contribution in [2.24, 2.45) is 5.10 Å². The van der Waals surface area contributed by atoms with Crippen LogP contribution in [0, 0.1) is 0 Å². The summed E-state index contributed by atoms with van der Waals surface area (Å²) in [6.07, 6.45) is 0. The van der Waals surface area contributed by atoms with E-state index in [0.29, 0.717) is 0 Å². The lowest BCUT2D eigenvalue weighted by molar-refractivity contribution is -0.848. The highest BCUT2D eigenvalue weighted by molar-refractivity contribution is 5.80. The average molecular weight is 114 g/mol. The second-order valence-electron chi connectivity index (χ2n) is 1.83. The first-order valence-corrected chi connectivity index (χ1v) is 2.54. The van der Waals surface area contributed by atoms with Crippen molar-refractivity contribution in [1.82, 2.24) is 5.01 Å². The Labute approximate surface area is 48.7 Å². The van der Waals surface area contributed by atoms with Crippen molar-refractivity contribution in [3.8, 4) is 0 Å². The van der Waals surface area contributed by atoms with Gasteiger partial charge >= 0.3 is 0 Å². The summed E-state index contributed by atoms with van der Waals surface area (Å²) >= 11 is 0. The summed E-state index contributed by atoms with van der Waals surface area (Å²) in [7, 11) is 3.77. The van der Waals surface area contributed by atoms with Gasteiger partial charge in [0.05, 0.1) is 7.05 Å². The molecule has 0 fully saturated rings. The predicted octanol–water partition coefficient (Wildman–Crippen LogP) is -1.02. The zero-order chi connectivity index (χ0) is 6.15. The molecule has 0 spiro atoms. The number of nitrogens with zero attached hydrogens (tertiary/aromatic N) is 3. The minimum absolute atomic E-state index is 0.838. The molecule has 0 amide bonds. The van der Waals surface area contributed by atoms with Gasteiger partial charge in [0.2, 0.25) is 0 Å². The smallest absolute Gasteiger partial charge is 0.143 e. The van der Waals surface area contributed by atoms with Gasteiger partial charge in [-0.2, -0.15) is 0 Å². The molecule has 1 atom stereocenters. The van der Waals surface area contributed by atoms with Crippen LogP contribution in [0.15, 0.2) is 5.10 Å². The largest absolute Gasteiger partial charge is 0.411 e. The number of amidine groups is 1. The van der Waals surface area contributed by atoms with Crippen LogP contribution in [-0.4, -0.2) is 24.9 Å². The molecular formula is C4H10N4. The van der Waals surface area contributed by atoms with Gasteiger partial charge in [-0.25, -0.2) is 0 Å². The second-order valence-corrected chi connectivity index (χ2v) is 1.83. The molecule has 1 heterocycles. The van der Waals surface area contributed by atoms with Crippen LogP contribution in [-0.2, 0) is 0 Å². The van der Waals surface area contributed by atoms with Gasteiger partial charge in [-0.05, 0) is 14.0 Å². The van der Waals surface area contributed by atoms with Crippen molar-refractivity contribution in [3.05, 3.63) is 5.53 Å². The van der Waals surface area contributed by atoms with E-state index < -0.39 is 0 Å². The standard InChI is InChI=1S/C4H10N4/c1-4-5-8(3)6-7(4)2/h8H,1-3H3. The maximum atomic E-state index is 4.06. The lowest BCUT2D eigenvalue weighted by Gasteiger charge is -2.22. The molecule has 0 saturated carbocycles. The number of nitrogens with one attached hydrogen (secondary N) is 1. The zero-order valence-corrected chi connectivity index (χ0v) is 5.34. The van der Waals surface area contributed by atoms with E-state index in [4.69, 9.17) is 0 Å². The van der Waals surface area contributed by atoms with Crippen LogP contribution in [0.4, 0.5) is 0 Å². The summed E-state index contributed by atoms with van der Waals surface area (Å²) in [6.45, 7) is 1.93. The van der Waals surface area contributed by atoms with E-state index >= 15 is 0 Å². The number of hydrogen-bond acceptors (Lipinski definition) is 2. The fourth-order valence-corrected chi connectivity index (χ4v) is 0.618. The Morgan fingerprint density at radius 2 is 2.38 bits per heavy atom. The molecule has 0 radical (unpaired) electrons. The first kappa shape index (κ1) is 5.53. The number of quaternary nitrogens is 1. The van der Waals surface area contributed by atoms with Crippen LogP contribution in [0.3, 0.4) is 0 Å². The van der Waals surface area contributed by atoms with Crippen LogP contribution in [0.2, 0.25) is 0 Å². The van der Waals surface area contributed by atoms with E-state index in [-0.39, 0.29) is 0 Å². The Balaban J connectivity index is 2.59. The van der Waals surface area contributed by atoms with E-state index in [2.05, 4.69) is 10.6 Å². The van der Waals surface area contributed by atoms with Gasteiger partial charge in [0.1, 0.15) is 5.84 Å². The molecule has 0 aliphatic carbocycles. The monoisotopic (exact) mass is 114 g/mol. The Morgan fingerprint density at radius 1 is 1.75 bits per heavy atom. The lowest BCUT2D eigenvalue weighted by atomic mass is 10.7. The first-order chi connectivity index (χ1) is 3.70. The van der Waals surface area contributed by atoms with E-state index in [1.165, 1.54) is 0 Å². The van der Waals surface area contributed by atoms with Crippen molar-refractivity contribution >= 4 is 5.84 Å². The van der Waals surface area contributed by atoms with Crippen LogP contribution >= 0.6 is 0 Å². The number of rotatable bonds is 0. The third-order valence-electron chi connectivity index (χ3n) is 1.09. The minimum Gasteiger partial charge on any atom is -0.411 e. The average Bonchev–Trinajstić information content (AvgIpc) is 1.85. The van der Waals surface area contributed by atoms with Gasteiger partial charge in [0.25, 0.3) is 0 Å². The van der Waals surface area contributed by atoms with Crippen molar-refractivity contribution < 1.29 is 5.12 Å². The summed E-state index contributed by atoms with van der Waals surface area (Å²) in [6, 6.07) is 0. The molecule has 0 aromatic heterocycles. The maximum Gasteiger partial charge on any atom is 0.143 e. The van der Waals surface area contributed by atoms with E-state index in [1.54, 1.807) is 5.01 Å². The van der Waals surface area contributed by atoms with E-state index in [0.717, 1.165) is 11.0 Å². The minimum atomic E-state index is 0.838. The van der Waals surface area contributed by atoms with E-state index in [9.17, 15) is 0 Å². The highest BCUT2D eigenvalue weighted by atomic mass is 15.9. The van der Waals surface area contributed by atoms with Crippen molar-refractivity contribution in [1.29, 1.82) is 0 Å². The van der Waals surface area contributed by atoms with Gasteiger partial charge in [0, 0.05) is 0 Å². The second kappa shape index (κ2) is 1.72. The normalized spacial score (nSPS) is 28.6. The fraction of sp³-hybridized carbons (Fsp3) is 0.750. The molecule has 1 aliphatic rings. The zero-order valence-electron chi connectivity index (χ0n) is 5.34. The molecule has 46 valence electrons. The van der Waals surface area contributed by atoms with Crippen molar-refractivity contribution in [3.63, 3.8) is 0 Å². The Hall–Kier alpha value is -0.610. The van der Waals surface area contributed by atoms with Gasteiger partial charge in [-0.1, -0.05) is 5.10 Å². The Bertz CT molecular complexity index is 119. The molecule has 0 aromatic rings. The SMILES string of the molecule is CC1=N[NH+](C)[N-]N1C. The molecule has 1 aliphatic heterocycles. The third kappa shape index (κ3) is 0.801. The van der Waals surface area contributed by atoms with Crippen LogP contribution in [0.25, 0.3) is 5.53 Å². The summed E-state index contributed by atoms with van der Waals surface area (Å²) in [5, 5.41) is 6.66. The molecule has 0 saturated heterocycles. The Morgan fingerprint density at radius 3 is 2.50 bits per heavy atom. The van der Waals surface area contributed by atoms with Crippen LogP contribution in [0.1, 0.15) is 6.92 Å². The molecule has 1 N–H and O–H groups in total. The summed E-state index contributed by atoms with van der Waals surface area (Å²) in [5.41, 5.74) is 4.02. The highest BCUT2D eigenvalue weighted by Crippen LogP contribution is 1.92. The molecular weight excluding hydrogens is 104 g/mol. The van der Waals surface area contributed by atoms with E-state index in [1.807, 2.05) is 21.0 Å². The molecule has 8 heavy (non-hydrogen) atoms. The molecule has 1 unspecified atom stereocenters. The summed E-state index contributed by atoms with van der Waals surface area (Å²) < 4.78 is 0. The van der Waals surface area contributed by atoms with Gasteiger partial charge in [0.15, 0.2) is 0 Å². The van der Waals surface area contributed by atoms with Gasteiger partial charge in [-0.15, -0.1) is 0 Å². The topological polar surface area (TPSA) is 34.1 Å². The third-order valence-corrected chi connectivity index (χ3v) is 1.09. The lowest BCUT2D eigenvalue weighted by Crippen LogP contribution is -2.98. The van der Waals surface area contributed by atoms with Gasteiger partial charge in [-0.3, -0.25) is 5.12 Å². The first-order valence-electron chi connectivity index (χ1n) is 2.54. The molecule has 0 bridgehead atoms. The summed E-state index contributed by atoms with van der Waals surface area (Å²) in [4.78, 5) is 0. The fourth-order valence-electron chi connectivity index (χ4n) is 0.618. The highest BCUT2D eigenvalue weighted by Gasteiger charge is 2.03. The Kier molecular flexibility index (Phi) is 1.19. The van der Waals surface area contributed by atoms with Crippen LogP contribution < -0.4 is 5.12 Å². The van der Waals surface area contributed by atoms with Crippen LogP contribution in [0.5, 0.6) is 0 Å². The number of hydrogen-bond donors (Lipinski definition) is 1. The molecule has 0 aromatic carbocycles. The van der Waals surface area contributed by atoms with Crippen molar-refractivity contribution in [2.75, 3.05) is 14.1 Å². The summed E-state index contributed by atoms with van der Waals surface area (Å²) in [5.74, 6) is 0.961. The maximum absolute atomic E-state index is 4.06. The van der Waals surface area contributed by atoms with Crippen molar-refractivity contribution in [2.45, 2.75) is 6.92 Å².